The summed E-state index contributed by atoms with van der Waals surface area (Å²) < 4.78 is 5.51. The van der Waals surface area contributed by atoms with Crippen LogP contribution >= 0.6 is 0 Å². The van der Waals surface area contributed by atoms with Crippen LogP contribution in [0, 0.1) is 0 Å². The number of ether oxygens (including phenoxy) is 1. The lowest BCUT2D eigenvalue weighted by Crippen LogP contribution is -2.06. The summed E-state index contributed by atoms with van der Waals surface area (Å²) in [5.74, 6) is 0.335. The van der Waals surface area contributed by atoms with Crippen LogP contribution in [0.25, 0.3) is 6.08 Å². The molecule has 15 heavy (non-hydrogen) atoms. The SMILES string of the molecule is CC(C)Oc1cccc(/C=C/C(N)=O)c1. The molecule has 3 nitrogen and oxygen atoms in total. The maximum absolute atomic E-state index is 10.5. The van der Waals surface area contributed by atoms with E-state index in [1.807, 2.05) is 38.1 Å². The van der Waals surface area contributed by atoms with Crippen molar-refractivity contribution in [3.63, 3.8) is 0 Å². The molecular weight excluding hydrogens is 190 g/mol. The highest BCUT2D eigenvalue weighted by Crippen LogP contribution is 2.15. The number of amides is 1. The van der Waals surface area contributed by atoms with Crippen molar-refractivity contribution in [2.24, 2.45) is 5.73 Å². The van der Waals surface area contributed by atoms with Crippen LogP contribution in [0.5, 0.6) is 5.75 Å². The number of hydrogen-bond acceptors (Lipinski definition) is 2. The average molecular weight is 205 g/mol. The van der Waals surface area contributed by atoms with E-state index in [9.17, 15) is 4.79 Å². The molecule has 3 heteroatoms. The lowest BCUT2D eigenvalue weighted by Gasteiger charge is -2.09. The van der Waals surface area contributed by atoms with Crippen molar-refractivity contribution in [3.05, 3.63) is 35.9 Å². The molecule has 80 valence electrons. The molecule has 0 aliphatic heterocycles. The van der Waals surface area contributed by atoms with E-state index >= 15 is 0 Å². The van der Waals surface area contributed by atoms with Crippen LogP contribution in [0.3, 0.4) is 0 Å². The molecule has 0 aromatic heterocycles. The van der Waals surface area contributed by atoms with Gasteiger partial charge in [0.05, 0.1) is 6.10 Å². The molecule has 1 aromatic rings. The van der Waals surface area contributed by atoms with Crippen LogP contribution in [-0.4, -0.2) is 12.0 Å². The van der Waals surface area contributed by atoms with Crippen LogP contribution in [0.1, 0.15) is 19.4 Å². The summed E-state index contributed by atoms with van der Waals surface area (Å²) in [5, 5.41) is 0. The Bertz CT molecular complexity index is 370. The molecule has 0 fully saturated rings. The van der Waals surface area contributed by atoms with Crippen molar-refractivity contribution in [3.8, 4) is 5.75 Å². The van der Waals surface area contributed by atoms with Gasteiger partial charge in [-0.05, 0) is 37.6 Å². The number of benzene rings is 1. The monoisotopic (exact) mass is 205 g/mol. The normalized spacial score (nSPS) is 10.9. The van der Waals surface area contributed by atoms with Crippen LogP contribution in [0.2, 0.25) is 0 Å². The average Bonchev–Trinajstić information content (AvgIpc) is 2.14. The molecule has 1 aromatic carbocycles. The minimum absolute atomic E-state index is 0.139. The van der Waals surface area contributed by atoms with Crippen molar-refractivity contribution in [2.45, 2.75) is 20.0 Å². The molecule has 0 spiro atoms. The summed E-state index contributed by atoms with van der Waals surface area (Å²) >= 11 is 0. The van der Waals surface area contributed by atoms with Gasteiger partial charge in [0.1, 0.15) is 5.75 Å². The highest BCUT2D eigenvalue weighted by molar-refractivity contribution is 5.90. The largest absolute Gasteiger partial charge is 0.491 e. The second-order valence-electron chi connectivity index (χ2n) is 3.47. The number of carbonyl (C=O) groups excluding carboxylic acids is 1. The third-order valence-corrected chi connectivity index (χ3v) is 1.67. The summed E-state index contributed by atoms with van der Waals surface area (Å²) in [4.78, 5) is 10.5. The van der Waals surface area contributed by atoms with E-state index in [4.69, 9.17) is 10.5 Å². The van der Waals surface area contributed by atoms with Crippen LogP contribution in [0.4, 0.5) is 0 Å². The molecule has 0 radical (unpaired) electrons. The highest BCUT2D eigenvalue weighted by Gasteiger charge is 1.97. The number of primary amides is 1. The van der Waals surface area contributed by atoms with Gasteiger partial charge in [0.2, 0.25) is 5.91 Å². The summed E-state index contributed by atoms with van der Waals surface area (Å²) in [6.45, 7) is 3.93. The molecule has 0 atom stereocenters. The third-order valence-electron chi connectivity index (χ3n) is 1.67. The molecule has 0 saturated heterocycles. The Morgan fingerprint density at radius 1 is 1.47 bits per heavy atom. The maximum Gasteiger partial charge on any atom is 0.241 e. The zero-order valence-corrected chi connectivity index (χ0v) is 8.94. The van der Waals surface area contributed by atoms with Gasteiger partial charge in [0.25, 0.3) is 0 Å². The molecule has 0 unspecified atom stereocenters. The first kappa shape index (κ1) is 11.3. The quantitative estimate of drug-likeness (QED) is 0.764. The van der Waals surface area contributed by atoms with Gasteiger partial charge in [0.15, 0.2) is 0 Å². The van der Waals surface area contributed by atoms with E-state index in [1.165, 1.54) is 6.08 Å². The fourth-order valence-electron chi connectivity index (χ4n) is 1.14. The Morgan fingerprint density at radius 3 is 2.80 bits per heavy atom. The van der Waals surface area contributed by atoms with Gasteiger partial charge in [-0.2, -0.15) is 0 Å². The molecule has 0 bridgehead atoms. The van der Waals surface area contributed by atoms with E-state index in [2.05, 4.69) is 0 Å². The van der Waals surface area contributed by atoms with Crippen LogP contribution in [-0.2, 0) is 4.79 Å². The molecular formula is C12H15NO2. The number of rotatable bonds is 4. The Labute approximate surface area is 89.5 Å². The highest BCUT2D eigenvalue weighted by atomic mass is 16.5. The first-order valence-electron chi connectivity index (χ1n) is 4.82. The standard InChI is InChI=1S/C12H15NO2/c1-9(2)15-11-5-3-4-10(8-11)6-7-12(13)14/h3-9H,1-2H3,(H2,13,14)/b7-6+. The van der Waals surface area contributed by atoms with Gasteiger partial charge >= 0.3 is 0 Å². The van der Waals surface area contributed by atoms with Gasteiger partial charge in [-0.25, -0.2) is 0 Å². The van der Waals surface area contributed by atoms with E-state index < -0.39 is 5.91 Å². The lowest BCUT2D eigenvalue weighted by atomic mass is 10.2. The number of hydrogen-bond donors (Lipinski definition) is 1. The zero-order valence-electron chi connectivity index (χ0n) is 8.94. The second kappa shape index (κ2) is 5.20. The molecule has 0 aliphatic carbocycles. The Morgan fingerprint density at radius 2 is 2.20 bits per heavy atom. The second-order valence-corrected chi connectivity index (χ2v) is 3.47. The van der Waals surface area contributed by atoms with Gasteiger partial charge in [-0.3, -0.25) is 4.79 Å². The maximum atomic E-state index is 10.5. The number of nitrogens with two attached hydrogens (primary N) is 1. The summed E-state index contributed by atoms with van der Waals surface area (Å²) in [6, 6.07) is 7.49. The van der Waals surface area contributed by atoms with E-state index in [0.717, 1.165) is 11.3 Å². The minimum atomic E-state index is -0.454. The molecule has 0 aliphatic rings. The van der Waals surface area contributed by atoms with Crippen molar-refractivity contribution in [1.82, 2.24) is 0 Å². The first-order chi connectivity index (χ1) is 7.08. The molecule has 1 rings (SSSR count). The molecule has 0 heterocycles. The summed E-state index contributed by atoms with van der Waals surface area (Å²) in [6.07, 6.45) is 3.13. The topological polar surface area (TPSA) is 52.3 Å². The Kier molecular flexibility index (Phi) is 3.92. The predicted molar refractivity (Wildman–Crippen MR) is 60.4 cm³/mol. The van der Waals surface area contributed by atoms with Gasteiger partial charge in [-0.1, -0.05) is 12.1 Å². The van der Waals surface area contributed by atoms with E-state index in [-0.39, 0.29) is 6.10 Å². The van der Waals surface area contributed by atoms with Gasteiger partial charge < -0.3 is 10.5 Å². The van der Waals surface area contributed by atoms with Crippen LogP contribution < -0.4 is 10.5 Å². The summed E-state index contributed by atoms with van der Waals surface area (Å²) in [7, 11) is 0. The van der Waals surface area contributed by atoms with Crippen molar-refractivity contribution < 1.29 is 9.53 Å². The number of carbonyl (C=O) groups is 1. The third kappa shape index (κ3) is 4.31. The van der Waals surface area contributed by atoms with Crippen molar-refractivity contribution in [1.29, 1.82) is 0 Å². The lowest BCUT2D eigenvalue weighted by molar-refractivity contribution is -0.113. The van der Waals surface area contributed by atoms with E-state index in [1.54, 1.807) is 6.08 Å². The minimum Gasteiger partial charge on any atom is -0.491 e. The Hall–Kier alpha value is -1.77. The first-order valence-corrected chi connectivity index (χ1v) is 4.82. The molecule has 1 amide bonds. The Balaban J connectivity index is 2.78. The molecule has 2 N–H and O–H groups in total. The van der Waals surface area contributed by atoms with Crippen LogP contribution in [0.15, 0.2) is 30.3 Å². The summed E-state index contributed by atoms with van der Waals surface area (Å²) in [5.41, 5.74) is 5.90. The van der Waals surface area contributed by atoms with E-state index in [0.29, 0.717) is 0 Å². The predicted octanol–water partition coefficient (Wildman–Crippen LogP) is 1.97. The fraction of sp³-hybridized carbons (Fsp3) is 0.250. The smallest absolute Gasteiger partial charge is 0.241 e. The van der Waals surface area contributed by atoms with Gasteiger partial charge in [-0.15, -0.1) is 0 Å². The van der Waals surface area contributed by atoms with Gasteiger partial charge in [0, 0.05) is 6.08 Å². The van der Waals surface area contributed by atoms with Crippen molar-refractivity contribution >= 4 is 12.0 Å². The zero-order chi connectivity index (χ0) is 11.3. The molecule has 0 saturated carbocycles. The van der Waals surface area contributed by atoms with Crippen molar-refractivity contribution in [2.75, 3.05) is 0 Å². The fourth-order valence-corrected chi connectivity index (χ4v) is 1.14.